The zero-order chi connectivity index (χ0) is 17.1. The smallest absolute Gasteiger partial charge is 0.254 e. The zero-order valence-electron chi connectivity index (χ0n) is 14.6. The van der Waals surface area contributed by atoms with Crippen molar-refractivity contribution in [2.75, 3.05) is 13.2 Å². The van der Waals surface area contributed by atoms with Crippen LogP contribution >= 0.6 is 0 Å². The first-order valence-corrected chi connectivity index (χ1v) is 8.96. The van der Waals surface area contributed by atoms with Gasteiger partial charge in [0.25, 0.3) is 5.91 Å². The van der Waals surface area contributed by atoms with Gasteiger partial charge in [-0.1, -0.05) is 25.8 Å². The largest absolute Gasteiger partial charge is 0.394 e. The summed E-state index contributed by atoms with van der Waals surface area (Å²) in [6.45, 7) is 4.80. The number of rotatable bonds is 3. The topological polar surface area (TPSA) is 53.4 Å². The van der Waals surface area contributed by atoms with E-state index in [-0.39, 0.29) is 18.6 Å². The van der Waals surface area contributed by atoms with Crippen LogP contribution in [0, 0.1) is 6.92 Å². The molecule has 0 aliphatic carbocycles. The Morgan fingerprint density at radius 3 is 2.88 bits per heavy atom. The van der Waals surface area contributed by atoms with Crippen molar-refractivity contribution in [3.63, 3.8) is 0 Å². The Morgan fingerprint density at radius 1 is 1.29 bits per heavy atom. The van der Waals surface area contributed by atoms with Crippen LogP contribution in [-0.2, 0) is 6.42 Å². The fourth-order valence-electron chi connectivity index (χ4n) is 3.59. The molecule has 1 saturated heterocycles. The summed E-state index contributed by atoms with van der Waals surface area (Å²) in [5.74, 6) is 0.0275. The maximum Gasteiger partial charge on any atom is 0.254 e. The second-order valence-corrected chi connectivity index (χ2v) is 6.70. The fourth-order valence-corrected chi connectivity index (χ4v) is 3.59. The van der Waals surface area contributed by atoms with Crippen molar-refractivity contribution < 1.29 is 9.90 Å². The molecule has 24 heavy (non-hydrogen) atoms. The number of nitrogens with zero attached hydrogens (tertiary/aromatic N) is 2. The van der Waals surface area contributed by atoms with Gasteiger partial charge in [0.2, 0.25) is 0 Å². The molecule has 4 heteroatoms. The van der Waals surface area contributed by atoms with Gasteiger partial charge < -0.3 is 10.0 Å². The third kappa shape index (κ3) is 3.29. The molecule has 1 aliphatic heterocycles. The number of amides is 1. The number of fused-ring (bicyclic) bond motifs is 1. The third-order valence-corrected chi connectivity index (χ3v) is 4.99. The minimum absolute atomic E-state index is 0.0275. The van der Waals surface area contributed by atoms with E-state index in [1.807, 2.05) is 24.0 Å². The molecule has 1 fully saturated rings. The lowest BCUT2D eigenvalue weighted by atomic mass is 10.0. The lowest BCUT2D eigenvalue weighted by Gasteiger charge is -2.29. The number of aryl methyl sites for hydroxylation is 2. The van der Waals surface area contributed by atoms with Crippen molar-refractivity contribution in [1.82, 2.24) is 9.88 Å². The normalized spacial score (nSPS) is 18.6. The number of benzene rings is 1. The fraction of sp³-hybridized carbons (Fsp3) is 0.500. The second-order valence-electron chi connectivity index (χ2n) is 6.70. The number of hydrogen-bond donors (Lipinski definition) is 1. The number of aliphatic hydroxyl groups excluding tert-OH is 1. The van der Waals surface area contributed by atoms with Gasteiger partial charge in [0.1, 0.15) is 0 Å². The zero-order valence-corrected chi connectivity index (χ0v) is 14.6. The number of pyridine rings is 1. The summed E-state index contributed by atoms with van der Waals surface area (Å²) in [6, 6.07) is 7.98. The van der Waals surface area contributed by atoms with Crippen molar-refractivity contribution in [3.8, 4) is 0 Å². The lowest BCUT2D eigenvalue weighted by Crippen LogP contribution is -2.42. The Balaban J connectivity index is 2.07. The maximum absolute atomic E-state index is 13.3. The highest BCUT2D eigenvalue weighted by Crippen LogP contribution is 2.25. The number of carbonyl (C=O) groups excluding carboxylic acids is 1. The molecule has 1 aliphatic rings. The van der Waals surface area contributed by atoms with Crippen LogP contribution < -0.4 is 0 Å². The van der Waals surface area contributed by atoms with E-state index in [4.69, 9.17) is 0 Å². The highest BCUT2D eigenvalue weighted by molar-refractivity contribution is 6.06. The molecule has 1 atom stereocenters. The number of aliphatic hydroxyl groups is 1. The summed E-state index contributed by atoms with van der Waals surface area (Å²) in [5, 5.41) is 10.6. The molecule has 0 spiro atoms. The van der Waals surface area contributed by atoms with Gasteiger partial charge in [-0.2, -0.15) is 0 Å². The van der Waals surface area contributed by atoms with Gasteiger partial charge in [-0.15, -0.1) is 0 Å². The summed E-state index contributed by atoms with van der Waals surface area (Å²) in [7, 11) is 0. The van der Waals surface area contributed by atoms with Crippen molar-refractivity contribution >= 4 is 16.8 Å². The van der Waals surface area contributed by atoms with Crippen LogP contribution in [-0.4, -0.2) is 40.1 Å². The van der Waals surface area contributed by atoms with Crippen LogP contribution in [0.2, 0.25) is 0 Å². The average molecular weight is 326 g/mol. The van der Waals surface area contributed by atoms with E-state index >= 15 is 0 Å². The van der Waals surface area contributed by atoms with E-state index in [0.29, 0.717) is 5.56 Å². The van der Waals surface area contributed by atoms with Crippen molar-refractivity contribution in [2.24, 2.45) is 0 Å². The first-order chi connectivity index (χ1) is 11.6. The van der Waals surface area contributed by atoms with Gasteiger partial charge in [0.15, 0.2) is 0 Å². The summed E-state index contributed by atoms with van der Waals surface area (Å²) < 4.78 is 0. The molecule has 2 heterocycles. The van der Waals surface area contributed by atoms with Crippen LogP contribution in [0.4, 0.5) is 0 Å². The molecule has 2 aromatic rings. The van der Waals surface area contributed by atoms with E-state index in [1.54, 1.807) is 0 Å². The molecule has 1 aromatic carbocycles. The molecule has 1 aromatic heterocycles. The molecule has 0 bridgehead atoms. The Bertz CT molecular complexity index is 742. The minimum Gasteiger partial charge on any atom is -0.394 e. The lowest BCUT2D eigenvalue weighted by molar-refractivity contribution is 0.0601. The Kier molecular flexibility index (Phi) is 5.14. The quantitative estimate of drug-likeness (QED) is 0.939. The highest BCUT2D eigenvalue weighted by Gasteiger charge is 2.27. The van der Waals surface area contributed by atoms with Crippen molar-refractivity contribution in [3.05, 3.63) is 41.1 Å². The number of carbonyl (C=O) groups is 1. The molecular weight excluding hydrogens is 300 g/mol. The van der Waals surface area contributed by atoms with E-state index in [2.05, 4.69) is 24.0 Å². The first kappa shape index (κ1) is 16.9. The molecule has 4 nitrogen and oxygen atoms in total. The summed E-state index contributed by atoms with van der Waals surface area (Å²) in [5.41, 5.74) is 3.64. The second kappa shape index (κ2) is 7.31. The highest BCUT2D eigenvalue weighted by atomic mass is 16.3. The number of hydrogen-bond acceptors (Lipinski definition) is 3. The Morgan fingerprint density at radius 2 is 2.12 bits per heavy atom. The maximum atomic E-state index is 13.3. The molecule has 3 rings (SSSR count). The summed E-state index contributed by atoms with van der Waals surface area (Å²) in [4.78, 5) is 19.7. The molecule has 0 saturated carbocycles. The molecule has 128 valence electrons. The standard InChI is InChI=1S/C20H26N2O2/c1-3-15-8-9-19-17(12-15)18(11-14(2)21-19)20(24)22-10-6-4-5-7-16(22)13-23/h8-9,11-12,16,23H,3-7,10,13H2,1-2H3/t16-/m0/s1. The van der Waals surface area contributed by atoms with E-state index in [0.717, 1.165) is 55.2 Å². The molecule has 0 unspecified atom stereocenters. The van der Waals surface area contributed by atoms with Gasteiger partial charge in [-0.05, 0) is 49.9 Å². The summed E-state index contributed by atoms with van der Waals surface area (Å²) >= 11 is 0. The number of aromatic nitrogens is 1. The van der Waals surface area contributed by atoms with Gasteiger partial charge in [-0.25, -0.2) is 0 Å². The van der Waals surface area contributed by atoms with Crippen LogP contribution in [0.3, 0.4) is 0 Å². The molecular formula is C20H26N2O2. The SMILES string of the molecule is CCc1ccc2nc(C)cc(C(=O)N3CCCCC[C@H]3CO)c2c1. The monoisotopic (exact) mass is 326 g/mol. The van der Waals surface area contributed by atoms with Crippen molar-refractivity contribution in [1.29, 1.82) is 0 Å². The predicted octanol–water partition coefficient (Wildman–Crippen LogP) is 3.48. The number of likely N-dealkylation sites (tertiary alicyclic amines) is 1. The third-order valence-electron chi connectivity index (χ3n) is 4.99. The van der Waals surface area contributed by atoms with Crippen LogP contribution in [0.1, 0.15) is 54.2 Å². The predicted molar refractivity (Wildman–Crippen MR) is 96.2 cm³/mol. The van der Waals surface area contributed by atoms with Crippen LogP contribution in [0.5, 0.6) is 0 Å². The van der Waals surface area contributed by atoms with E-state index in [1.165, 1.54) is 5.56 Å². The minimum atomic E-state index is -0.0714. The van der Waals surface area contributed by atoms with Gasteiger partial charge in [0.05, 0.1) is 23.7 Å². The molecule has 0 radical (unpaired) electrons. The van der Waals surface area contributed by atoms with Crippen molar-refractivity contribution in [2.45, 2.75) is 52.0 Å². The van der Waals surface area contributed by atoms with Gasteiger partial charge in [0, 0.05) is 17.6 Å². The Hall–Kier alpha value is -1.94. The average Bonchev–Trinajstić information content (AvgIpc) is 2.85. The summed E-state index contributed by atoms with van der Waals surface area (Å²) in [6.07, 6.45) is 5.01. The van der Waals surface area contributed by atoms with E-state index in [9.17, 15) is 9.90 Å². The van der Waals surface area contributed by atoms with Gasteiger partial charge >= 0.3 is 0 Å². The Labute approximate surface area is 143 Å². The first-order valence-electron chi connectivity index (χ1n) is 8.96. The van der Waals surface area contributed by atoms with Crippen LogP contribution in [0.15, 0.2) is 24.3 Å². The van der Waals surface area contributed by atoms with Gasteiger partial charge in [-0.3, -0.25) is 9.78 Å². The van der Waals surface area contributed by atoms with E-state index < -0.39 is 0 Å². The molecule has 1 amide bonds. The molecule has 1 N–H and O–H groups in total. The van der Waals surface area contributed by atoms with Crippen LogP contribution in [0.25, 0.3) is 10.9 Å².